The van der Waals surface area contributed by atoms with Gasteiger partial charge in [-0.15, -0.1) is 0 Å². The summed E-state index contributed by atoms with van der Waals surface area (Å²) in [6.45, 7) is 9.00. The molecule has 1 amide bonds. The third-order valence-electron chi connectivity index (χ3n) is 6.15. The highest BCUT2D eigenvalue weighted by Gasteiger charge is 2.46. The lowest BCUT2D eigenvalue weighted by molar-refractivity contribution is -0.140. The molecule has 6 nitrogen and oxygen atoms in total. The molecule has 6 heteroatoms. The van der Waals surface area contributed by atoms with Gasteiger partial charge in [-0.1, -0.05) is 51.1 Å². The van der Waals surface area contributed by atoms with E-state index in [1.807, 2.05) is 37.3 Å². The molecule has 0 spiro atoms. The average molecular weight is 471 g/mol. The van der Waals surface area contributed by atoms with E-state index in [4.69, 9.17) is 4.74 Å². The molecule has 1 unspecified atom stereocenters. The molecular formula is C29H30N2O4. The van der Waals surface area contributed by atoms with Crippen molar-refractivity contribution in [3.63, 3.8) is 0 Å². The lowest BCUT2D eigenvalue weighted by Gasteiger charge is -2.26. The van der Waals surface area contributed by atoms with Crippen molar-refractivity contribution >= 4 is 17.4 Å². The maximum Gasteiger partial charge on any atom is 0.295 e. The number of aromatic nitrogens is 1. The number of carbonyl (C=O) groups is 2. The number of pyridine rings is 1. The van der Waals surface area contributed by atoms with Gasteiger partial charge in [0.25, 0.3) is 11.7 Å². The van der Waals surface area contributed by atoms with Crippen LogP contribution in [-0.2, 0) is 21.5 Å². The number of amides is 1. The first-order valence-electron chi connectivity index (χ1n) is 11.7. The average Bonchev–Trinajstić information content (AvgIpc) is 3.09. The standard InChI is InChI=1S/C29H30N2O4/c1-5-35-23-14-10-21(11-15-23)26(32)24-25(20-8-12-22(13-9-20)29(2,3)4)31(28(34)27(24)33)18-19-7-6-16-30-17-19/h6-17,25,32H,5,18H2,1-4H3/b26-24-. The van der Waals surface area contributed by atoms with E-state index in [9.17, 15) is 14.7 Å². The van der Waals surface area contributed by atoms with E-state index >= 15 is 0 Å². The first-order chi connectivity index (χ1) is 16.7. The largest absolute Gasteiger partial charge is 0.507 e. The van der Waals surface area contributed by atoms with Gasteiger partial charge in [0.2, 0.25) is 0 Å². The Labute approximate surface area is 205 Å². The summed E-state index contributed by atoms with van der Waals surface area (Å²) in [6.07, 6.45) is 3.33. The van der Waals surface area contributed by atoms with Gasteiger partial charge in [0.15, 0.2) is 0 Å². The SMILES string of the molecule is CCOc1ccc(/C(O)=C2/C(=O)C(=O)N(Cc3cccnc3)C2c2ccc(C(C)(C)C)cc2)cc1. The predicted octanol–water partition coefficient (Wildman–Crippen LogP) is 5.40. The fourth-order valence-electron chi connectivity index (χ4n) is 4.27. The number of hydrogen-bond donors (Lipinski definition) is 1. The summed E-state index contributed by atoms with van der Waals surface area (Å²) in [7, 11) is 0. The van der Waals surface area contributed by atoms with Gasteiger partial charge < -0.3 is 14.7 Å². The number of ketones is 1. The molecule has 1 aliphatic rings. The number of nitrogens with zero attached hydrogens (tertiary/aromatic N) is 2. The van der Waals surface area contributed by atoms with Crippen LogP contribution in [0.15, 0.2) is 78.6 Å². The molecule has 2 heterocycles. The van der Waals surface area contributed by atoms with Crippen molar-refractivity contribution in [3.05, 3.63) is 101 Å². The van der Waals surface area contributed by atoms with Crippen molar-refractivity contribution in [3.8, 4) is 5.75 Å². The molecule has 4 rings (SSSR count). The van der Waals surface area contributed by atoms with E-state index in [-0.39, 0.29) is 23.3 Å². The van der Waals surface area contributed by atoms with E-state index in [2.05, 4.69) is 25.8 Å². The minimum absolute atomic E-state index is 0.0433. The molecule has 1 fully saturated rings. The summed E-state index contributed by atoms with van der Waals surface area (Å²) in [5.74, 6) is -0.892. The summed E-state index contributed by atoms with van der Waals surface area (Å²) in [4.78, 5) is 32.1. The predicted molar refractivity (Wildman–Crippen MR) is 135 cm³/mol. The molecule has 0 bridgehead atoms. The van der Waals surface area contributed by atoms with Gasteiger partial charge in [-0.05, 0) is 59.4 Å². The summed E-state index contributed by atoms with van der Waals surface area (Å²) >= 11 is 0. The van der Waals surface area contributed by atoms with Crippen LogP contribution in [0.25, 0.3) is 5.76 Å². The molecule has 2 aromatic carbocycles. The number of carbonyl (C=O) groups excluding carboxylic acids is 2. The number of benzene rings is 2. The number of aliphatic hydroxyl groups excluding tert-OH is 1. The quantitative estimate of drug-likeness (QED) is 0.296. The minimum atomic E-state index is -0.726. The minimum Gasteiger partial charge on any atom is -0.507 e. The maximum atomic E-state index is 13.3. The second-order valence-electron chi connectivity index (χ2n) is 9.62. The highest BCUT2D eigenvalue weighted by Crippen LogP contribution is 2.41. The Bertz CT molecular complexity index is 1240. The lowest BCUT2D eigenvalue weighted by Crippen LogP contribution is -2.29. The van der Waals surface area contributed by atoms with Gasteiger partial charge in [0.05, 0.1) is 18.2 Å². The smallest absolute Gasteiger partial charge is 0.295 e. The van der Waals surface area contributed by atoms with Crippen LogP contribution in [-0.4, -0.2) is 33.3 Å². The Hall–Kier alpha value is -3.93. The highest BCUT2D eigenvalue weighted by atomic mass is 16.5. The molecule has 1 aliphatic heterocycles. The van der Waals surface area contributed by atoms with E-state index in [1.54, 1.807) is 42.7 Å². The van der Waals surface area contributed by atoms with Crippen LogP contribution < -0.4 is 4.74 Å². The molecule has 1 atom stereocenters. The van der Waals surface area contributed by atoms with Crippen molar-refractivity contribution in [2.45, 2.75) is 45.7 Å². The summed E-state index contributed by atoms with van der Waals surface area (Å²) < 4.78 is 5.48. The van der Waals surface area contributed by atoms with Gasteiger partial charge in [-0.3, -0.25) is 14.6 Å². The van der Waals surface area contributed by atoms with Crippen molar-refractivity contribution in [2.24, 2.45) is 0 Å². The van der Waals surface area contributed by atoms with E-state index < -0.39 is 17.7 Å². The molecule has 0 radical (unpaired) electrons. The second-order valence-corrected chi connectivity index (χ2v) is 9.62. The van der Waals surface area contributed by atoms with Gasteiger partial charge in [0, 0.05) is 24.5 Å². The van der Waals surface area contributed by atoms with E-state index in [0.717, 1.165) is 16.7 Å². The van der Waals surface area contributed by atoms with Crippen LogP contribution in [0.3, 0.4) is 0 Å². The zero-order valence-electron chi connectivity index (χ0n) is 20.5. The van der Waals surface area contributed by atoms with Crippen LogP contribution in [0.4, 0.5) is 0 Å². The highest BCUT2D eigenvalue weighted by molar-refractivity contribution is 6.46. The molecular weight excluding hydrogens is 440 g/mol. The fraction of sp³-hybridized carbons (Fsp3) is 0.276. The van der Waals surface area contributed by atoms with E-state index in [0.29, 0.717) is 17.9 Å². The number of likely N-dealkylation sites (tertiary alicyclic amines) is 1. The number of Topliss-reactive ketones (excluding diaryl/α,β-unsaturated/α-hetero) is 1. The van der Waals surface area contributed by atoms with Gasteiger partial charge >= 0.3 is 0 Å². The summed E-state index contributed by atoms with van der Waals surface area (Å²) in [5.41, 5.74) is 3.17. The van der Waals surface area contributed by atoms with Crippen molar-refractivity contribution in [1.29, 1.82) is 0 Å². The Balaban J connectivity index is 1.82. The van der Waals surface area contributed by atoms with Crippen molar-refractivity contribution in [2.75, 3.05) is 6.61 Å². The molecule has 180 valence electrons. The first kappa shape index (κ1) is 24.2. The van der Waals surface area contributed by atoms with Gasteiger partial charge in [-0.2, -0.15) is 0 Å². The van der Waals surface area contributed by atoms with Crippen LogP contribution in [0.1, 0.15) is 56.0 Å². The molecule has 0 aliphatic carbocycles. The molecule has 35 heavy (non-hydrogen) atoms. The third-order valence-corrected chi connectivity index (χ3v) is 6.15. The zero-order valence-corrected chi connectivity index (χ0v) is 20.5. The third kappa shape index (κ3) is 4.97. The summed E-state index contributed by atoms with van der Waals surface area (Å²) in [6, 6.07) is 17.6. The lowest BCUT2D eigenvalue weighted by atomic mass is 9.85. The zero-order chi connectivity index (χ0) is 25.2. The number of hydrogen-bond acceptors (Lipinski definition) is 5. The Morgan fingerprint density at radius 2 is 1.71 bits per heavy atom. The van der Waals surface area contributed by atoms with Crippen LogP contribution in [0, 0.1) is 0 Å². The Morgan fingerprint density at radius 3 is 2.29 bits per heavy atom. The first-order valence-corrected chi connectivity index (χ1v) is 11.7. The molecule has 3 aromatic rings. The Morgan fingerprint density at radius 1 is 1.03 bits per heavy atom. The molecule has 1 saturated heterocycles. The topological polar surface area (TPSA) is 79.7 Å². The second kappa shape index (κ2) is 9.74. The van der Waals surface area contributed by atoms with E-state index in [1.165, 1.54) is 4.90 Å². The van der Waals surface area contributed by atoms with Gasteiger partial charge in [-0.25, -0.2) is 0 Å². The Kier molecular flexibility index (Phi) is 6.74. The maximum absolute atomic E-state index is 13.3. The van der Waals surface area contributed by atoms with Crippen LogP contribution >= 0.6 is 0 Å². The number of ether oxygens (including phenoxy) is 1. The number of rotatable bonds is 6. The summed E-state index contributed by atoms with van der Waals surface area (Å²) in [5, 5.41) is 11.3. The normalized spacial score (nSPS) is 17.6. The number of aliphatic hydroxyl groups is 1. The molecule has 1 N–H and O–H groups in total. The van der Waals surface area contributed by atoms with Crippen molar-refractivity contribution < 1.29 is 19.4 Å². The van der Waals surface area contributed by atoms with Crippen LogP contribution in [0.5, 0.6) is 5.75 Å². The molecule has 0 saturated carbocycles. The molecule has 1 aromatic heterocycles. The fourth-order valence-corrected chi connectivity index (χ4v) is 4.27. The van der Waals surface area contributed by atoms with Crippen molar-refractivity contribution in [1.82, 2.24) is 9.88 Å². The van der Waals surface area contributed by atoms with Gasteiger partial charge in [0.1, 0.15) is 11.5 Å². The monoisotopic (exact) mass is 470 g/mol. The van der Waals surface area contributed by atoms with Crippen LogP contribution in [0.2, 0.25) is 0 Å².